The fraction of sp³-hybridized carbons (Fsp3) is 0.231. The number of aliphatic hydroxyl groups is 1. The fourth-order valence-electron chi connectivity index (χ4n) is 1.55. The maximum absolute atomic E-state index is 10.1. The summed E-state index contributed by atoms with van der Waals surface area (Å²) >= 11 is 1.68. The number of hydrogen-bond acceptors (Lipinski definition) is 3. The van der Waals surface area contributed by atoms with Crippen LogP contribution in [0.1, 0.15) is 23.2 Å². The Morgan fingerprint density at radius 3 is 2.31 bits per heavy atom. The Morgan fingerprint density at radius 2 is 1.81 bits per heavy atom. The predicted octanol–water partition coefficient (Wildman–Crippen LogP) is 3.39. The van der Waals surface area contributed by atoms with Crippen LogP contribution < -0.4 is 0 Å². The van der Waals surface area contributed by atoms with Crippen molar-refractivity contribution in [3.05, 3.63) is 53.5 Å². The third-order valence-corrected chi connectivity index (χ3v) is 3.21. The van der Waals surface area contributed by atoms with Gasteiger partial charge in [-0.1, -0.05) is 12.1 Å². The Balaban J connectivity index is 2.23. The number of hydrogen-bond donors (Lipinski definition) is 1. The van der Waals surface area contributed by atoms with Gasteiger partial charge in [0.05, 0.1) is 0 Å². The summed E-state index contributed by atoms with van der Waals surface area (Å²) in [5.74, 6) is 1.41. The van der Waals surface area contributed by atoms with Crippen LogP contribution in [-0.2, 0) is 0 Å². The second-order valence-corrected chi connectivity index (χ2v) is 4.50. The molecule has 0 radical (unpaired) electrons. The standard InChI is InChI=1S/C13H14O2S/c1-9-3-8-12(15-9)13(14)10-4-6-11(16-2)7-5-10/h3-8,13-14H,1-2H3/t13-/m0/s1. The SMILES string of the molecule is CSc1ccc([C@H](O)c2ccc(C)o2)cc1. The van der Waals surface area contributed by atoms with Gasteiger partial charge in [0.2, 0.25) is 0 Å². The lowest BCUT2D eigenvalue weighted by Gasteiger charge is -2.08. The molecule has 0 aliphatic rings. The van der Waals surface area contributed by atoms with Crippen LogP contribution in [0.3, 0.4) is 0 Å². The van der Waals surface area contributed by atoms with Crippen molar-refractivity contribution in [2.45, 2.75) is 17.9 Å². The van der Waals surface area contributed by atoms with E-state index in [0.717, 1.165) is 11.3 Å². The predicted molar refractivity (Wildman–Crippen MR) is 65.7 cm³/mol. The molecule has 2 aromatic rings. The average molecular weight is 234 g/mol. The molecule has 1 N–H and O–H groups in total. The lowest BCUT2D eigenvalue weighted by Crippen LogP contribution is -1.97. The van der Waals surface area contributed by atoms with Gasteiger partial charge in [-0.15, -0.1) is 11.8 Å². The van der Waals surface area contributed by atoms with Crippen molar-refractivity contribution in [3.63, 3.8) is 0 Å². The molecule has 0 unspecified atom stereocenters. The number of rotatable bonds is 3. The van der Waals surface area contributed by atoms with Gasteiger partial charge in [0, 0.05) is 4.90 Å². The molecule has 0 aliphatic carbocycles. The molecule has 1 heterocycles. The molecule has 2 rings (SSSR count). The molecule has 3 heteroatoms. The van der Waals surface area contributed by atoms with Crippen molar-refractivity contribution in [1.29, 1.82) is 0 Å². The van der Waals surface area contributed by atoms with E-state index in [0.29, 0.717) is 5.76 Å². The topological polar surface area (TPSA) is 33.4 Å². The average Bonchev–Trinajstić information content (AvgIpc) is 2.75. The molecular weight excluding hydrogens is 220 g/mol. The molecule has 16 heavy (non-hydrogen) atoms. The van der Waals surface area contributed by atoms with Gasteiger partial charge in [-0.05, 0) is 43.0 Å². The summed E-state index contributed by atoms with van der Waals surface area (Å²) in [5, 5.41) is 10.1. The van der Waals surface area contributed by atoms with Gasteiger partial charge in [0.1, 0.15) is 17.6 Å². The monoisotopic (exact) mass is 234 g/mol. The Bertz CT molecular complexity index is 459. The van der Waals surface area contributed by atoms with Crippen LogP contribution in [0, 0.1) is 6.92 Å². The maximum Gasteiger partial charge on any atom is 0.137 e. The first-order valence-corrected chi connectivity index (χ1v) is 6.31. The maximum atomic E-state index is 10.1. The van der Waals surface area contributed by atoms with Gasteiger partial charge in [0.15, 0.2) is 0 Å². The molecule has 1 atom stereocenters. The summed E-state index contributed by atoms with van der Waals surface area (Å²) in [6, 6.07) is 11.5. The number of aliphatic hydroxyl groups excluding tert-OH is 1. The number of aryl methyl sites for hydroxylation is 1. The van der Waals surface area contributed by atoms with E-state index in [-0.39, 0.29) is 0 Å². The zero-order valence-electron chi connectivity index (χ0n) is 9.31. The van der Waals surface area contributed by atoms with Crippen LogP contribution >= 0.6 is 11.8 Å². The van der Waals surface area contributed by atoms with Crippen molar-refractivity contribution in [2.24, 2.45) is 0 Å². The third-order valence-electron chi connectivity index (χ3n) is 2.46. The molecule has 0 saturated carbocycles. The highest BCUT2D eigenvalue weighted by atomic mass is 32.2. The molecule has 84 valence electrons. The zero-order valence-corrected chi connectivity index (χ0v) is 10.1. The molecule has 0 saturated heterocycles. The highest BCUT2D eigenvalue weighted by Crippen LogP contribution is 2.25. The smallest absolute Gasteiger partial charge is 0.137 e. The van der Waals surface area contributed by atoms with Crippen LogP contribution in [0.15, 0.2) is 45.7 Å². The van der Waals surface area contributed by atoms with Crippen molar-refractivity contribution >= 4 is 11.8 Å². The fourth-order valence-corrected chi connectivity index (χ4v) is 1.96. The molecular formula is C13H14O2S. The lowest BCUT2D eigenvalue weighted by atomic mass is 10.1. The van der Waals surface area contributed by atoms with Crippen LogP contribution in [0.25, 0.3) is 0 Å². The molecule has 0 bridgehead atoms. The molecule has 0 spiro atoms. The summed E-state index contributed by atoms with van der Waals surface area (Å²) in [7, 11) is 0. The van der Waals surface area contributed by atoms with Gasteiger partial charge < -0.3 is 9.52 Å². The first-order valence-electron chi connectivity index (χ1n) is 5.09. The molecule has 2 nitrogen and oxygen atoms in total. The third kappa shape index (κ3) is 2.31. The van der Waals surface area contributed by atoms with Crippen molar-refractivity contribution in [3.8, 4) is 0 Å². The van der Waals surface area contributed by atoms with Crippen molar-refractivity contribution < 1.29 is 9.52 Å². The van der Waals surface area contributed by atoms with E-state index >= 15 is 0 Å². The Hall–Kier alpha value is -1.19. The van der Waals surface area contributed by atoms with Crippen LogP contribution in [-0.4, -0.2) is 11.4 Å². The lowest BCUT2D eigenvalue weighted by molar-refractivity contribution is 0.187. The van der Waals surface area contributed by atoms with E-state index in [2.05, 4.69) is 0 Å². The van der Waals surface area contributed by atoms with Gasteiger partial charge in [-0.3, -0.25) is 0 Å². The first-order chi connectivity index (χ1) is 7.70. The van der Waals surface area contributed by atoms with Crippen LogP contribution in [0.4, 0.5) is 0 Å². The summed E-state index contributed by atoms with van der Waals surface area (Å²) in [6.45, 7) is 1.87. The van der Waals surface area contributed by atoms with Gasteiger partial charge in [0.25, 0.3) is 0 Å². The van der Waals surface area contributed by atoms with E-state index in [1.54, 1.807) is 11.8 Å². The second-order valence-electron chi connectivity index (χ2n) is 3.62. The highest BCUT2D eigenvalue weighted by Gasteiger charge is 2.13. The van der Waals surface area contributed by atoms with E-state index in [9.17, 15) is 5.11 Å². The Kier molecular flexibility index (Phi) is 3.36. The van der Waals surface area contributed by atoms with Gasteiger partial charge in [-0.25, -0.2) is 0 Å². The summed E-state index contributed by atoms with van der Waals surface area (Å²) in [4.78, 5) is 1.19. The second kappa shape index (κ2) is 4.76. The molecule has 0 aliphatic heterocycles. The van der Waals surface area contributed by atoms with Crippen LogP contribution in [0.5, 0.6) is 0 Å². The van der Waals surface area contributed by atoms with Gasteiger partial charge in [-0.2, -0.15) is 0 Å². The molecule has 0 fully saturated rings. The Labute approximate surface area is 99.3 Å². The number of benzene rings is 1. The minimum Gasteiger partial charge on any atom is -0.463 e. The van der Waals surface area contributed by atoms with Gasteiger partial charge >= 0.3 is 0 Å². The van der Waals surface area contributed by atoms with E-state index in [1.165, 1.54) is 4.90 Å². The summed E-state index contributed by atoms with van der Waals surface area (Å²) in [5.41, 5.74) is 0.854. The quantitative estimate of drug-likeness (QED) is 0.826. The van der Waals surface area contributed by atoms with E-state index < -0.39 is 6.10 Å². The minimum atomic E-state index is -0.676. The normalized spacial score (nSPS) is 12.7. The van der Waals surface area contributed by atoms with E-state index in [1.807, 2.05) is 49.6 Å². The largest absolute Gasteiger partial charge is 0.463 e. The first kappa shape index (κ1) is 11.3. The summed E-state index contributed by atoms with van der Waals surface area (Å²) < 4.78 is 5.40. The van der Waals surface area contributed by atoms with Crippen molar-refractivity contribution in [1.82, 2.24) is 0 Å². The molecule has 1 aromatic carbocycles. The number of furan rings is 1. The summed E-state index contributed by atoms with van der Waals surface area (Å²) in [6.07, 6.45) is 1.35. The molecule has 1 aromatic heterocycles. The van der Waals surface area contributed by atoms with Crippen LogP contribution in [0.2, 0.25) is 0 Å². The van der Waals surface area contributed by atoms with Crippen molar-refractivity contribution in [2.75, 3.05) is 6.26 Å². The highest BCUT2D eigenvalue weighted by molar-refractivity contribution is 7.98. The van der Waals surface area contributed by atoms with E-state index in [4.69, 9.17) is 4.42 Å². The molecule has 0 amide bonds. The Morgan fingerprint density at radius 1 is 1.12 bits per heavy atom. The zero-order chi connectivity index (χ0) is 11.5. The number of thioether (sulfide) groups is 1. The minimum absolute atomic E-state index is 0.592.